The molecule has 2 aromatic carbocycles. The van der Waals surface area contributed by atoms with Crippen LogP contribution in [0.4, 0.5) is 10.6 Å². The maximum Gasteiger partial charge on any atom is 0.412 e. The van der Waals surface area contributed by atoms with Gasteiger partial charge in [-0.15, -0.1) is 0 Å². The van der Waals surface area contributed by atoms with Crippen LogP contribution in [0.2, 0.25) is 0 Å². The number of hydrogen-bond donors (Lipinski definition) is 2. The number of aryl methyl sites for hydroxylation is 1. The second kappa shape index (κ2) is 10.0. The van der Waals surface area contributed by atoms with Gasteiger partial charge < -0.3 is 14.7 Å². The summed E-state index contributed by atoms with van der Waals surface area (Å²) in [7, 11) is 1.59. The molecule has 9 nitrogen and oxygen atoms in total. The van der Waals surface area contributed by atoms with Gasteiger partial charge in [0.05, 0.1) is 5.92 Å². The highest BCUT2D eigenvalue weighted by atomic mass is 16.5. The second-order valence-electron chi connectivity index (χ2n) is 8.57. The largest absolute Gasteiger partial charge is 0.481 e. The van der Waals surface area contributed by atoms with Gasteiger partial charge in [0.1, 0.15) is 12.3 Å². The van der Waals surface area contributed by atoms with E-state index in [1.54, 1.807) is 20.9 Å². The molecule has 1 aliphatic carbocycles. The molecule has 3 aromatic rings. The summed E-state index contributed by atoms with van der Waals surface area (Å²) < 4.78 is 6.90. The molecule has 0 fully saturated rings. The fraction of sp³-hybridized carbons (Fsp3) is 0.308. The van der Waals surface area contributed by atoms with E-state index in [1.165, 1.54) is 15.6 Å². The standard InChI is InChI=1S/C26H28N4O5/c1-4-30(14-16(2)25(32)33)24(31)22-13-23(28-29(22)3)27-26(34)35-15-21-19-11-7-5-9-17(19)18-10-6-8-12-20(18)21/h5-13,16,21H,4,14-15H2,1-3H3,(H,32,33)(H,27,28,34). The number of nitrogens with one attached hydrogen (secondary N) is 1. The normalized spacial score (nSPS) is 13.0. The Morgan fingerprint density at radius 1 is 1.11 bits per heavy atom. The molecule has 0 saturated carbocycles. The summed E-state index contributed by atoms with van der Waals surface area (Å²) in [4.78, 5) is 38.1. The van der Waals surface area contributed by atoms with Crippen LogP contribution in [-0.2, 0) is 16.6 Å². The number of carbonyl (C=O) groups is 3. The molecule has 1 heterocycles. The molecule has 4 rings (SSSR count). The highest BCUT2D eigenvalue weighted by Gasteiger charge is 2.29. The third kappa shape index (κ3) is 4.89. The maximum atomic E-state index is 12.9. The van der Waals surface area contributed by atoms with Crippen LogP contribution in [0, 0.1) is 5.92 Å². The lowest BCUT2D eigenvalue weighted by atomic mass is 9.98. The van der Waals surface area contributed by atoms with Crippen LogP contribution in [0.25, 0.3) is 11.1 Å². The Morgan fingerprint density at radius 2 is 1.71 bits per heavy atom. The van der Waals surface area contributed by atoms with E-state index in [1.807, 2.05) is 36.4 Å². The number of aromatic nitrogens is 2. The van der Waals surface area contributed by atoms with Gasteiger partial charge in [0.25, 0.3) is 5.91 Å². The van der Waals surface area contributed by atoms with Gasteiger partial charge in [0, 0.05) is 32.1 Å². The quantitative estimate of drug-likeness (QED) is 0.509. The van der Waals surface area contributed by atoms with E-state index >= 15 is 0 Å². The lowest BCUT2D eigenvalue weighted by Gasteiger charge is -2.22. The number of hydrogen-bond acceptors (Lipinski definition) is 5. The summed E-state index contributed by atoms with van der Waals surface area (Å²) in [5.41, 5.74) is 4.74. The Hall–Kier alpha value is -4.14. The highest BCUT2D eigenvalue weighted by molar-refractivity contribution is 5.94. The van der Waals surface area contributed by atoms with E-state index in [2.05, 4.69) is 22.5 Å². The molecule has 1 aliphatic rings. The lowest BCUT2D eigenvalue weighted by Crippen LogP contribution is -2.37. The van der Waals surface area contributed by atoms with Gasteiger partial charge in [-0.1, -0.05) is 55.5 Å². The average Bonchev–Trinajstić information content (AvgIpc) is 3.37. The fourth-order valence-electron chi connectivity index (χ4n) is 4.39. The van der Waals surface area contributed by atoms with Crippen LogP contribution in [0.1, 0.15) is 41.4 Å². The van der Waals surface area contributed by atoms with Crippen molar-refractivity contribution in [2.45, 2.75) is 19.8 Å². The van der Waals surface area contributed by atoms with Crippen molar-refractivity contribution in [2.24, 2.45) is 13.0 Å². The van der Waals surface area contributed by atoms with Crippen molar-refractivity contribution in [1.82, 2.24) is 14.7 Å². The number of carboxylic acids is 1. The van der Waals surface area contributed by atoms with E-state index in [-0.39, 0.29) is 36.5 Å². The fourth-order valence-corrected chi connectivity index (χ4v) is 4.39. The molecule has 1 aromatic heterocycles. The Morgan fingerprint density at radius 3 is 2.29 bits per heavy atom. The number of amides is 2. The van der Waals surface area contributed by atoms with Crippen molar-refractivity contribution in [3.05, 3.63) is 71.4 Å². The van der Waals surface area contributed by atoms with Gasteiger partial charge in [-0.05, 0) is 29.2 Å². The molecule has 35 heavy (non-hydrogen) atoms. The Balaban J connectivity index is 1.41. The van der Waals surface area contributed by atoms with Crippen molar-refractivity contribution in [3.63, 3.8) is 0 Å². The molecule has 0 spiro atoms. The van der Waals surface area contributed by atoms with E-state index in [0.29, 0.717) is 6.54 Å². The van der Waals surface area contributed by atoms with Gasteiger partial charge in [-0.3, -0.25) is 19.6 Å². The first kappa shape index (κ1) is 24.0. The number of fused-ring (bicyclic) bond motifs is 3. The Kier molecular flexibility index (Phi) is 6.86. The minimum Gasteiger partial charge on any atom is -0.481 e. The predicted octanol–water partition coefficient (Wildman–Crippen LogP) is 3.96. The van der Waals surface area contributed by atoms with E-state index in [9.17, 15) is 14.4 Å². The first-order valence-electron chi connectivity index (χ1n) is 11.5. The maximum absolute atomic E-state index is 12.9. The summed E-state index contributed by atoms with van der Waals surface area (Å²) in [5, 5.41) is 15.9. The van der Waals surface area contributed by atoms with Crippen molar-refractivity contribution < 1.29 is 24.2 Å². The first-order chi connectivity index (χ1) is 16.8. The number of carboxylic acid groups (broad SMARTS) is 1. The van der Waals surface area contributed by atoms with Crippen molar-refractivity contribution >= 4 is 23.8 Å². The predicted molar refractivity (Wildman–Crippen MR) is 130 cm³/mol. The summed E-state index contributed by atoms with van der Waals surface area (Å²) in [5.74, 6) is -1.93. The number of anilines is 1. The Bertz CT molecular complexity index is 1220. The molecule has 2 amide bonds. The number of ether oxygens (including phenoxy) is 1. The molecule has 2 N–H and O–H groups in total. The van der Waals surface area contributed by atoms with Gasteiger partial charge in [-0.2, -0.15) is 5.10 Å². The smallest absolute Gasteiger partial charge is 0.412 e. The molecule has 1 atom stereocenters. The second-order valence-corrected chi connectivity index (χ2v) is 8.57. The van der Waals surface area contributed by atoms with Crippen LogP contribution in [-0.4, -0.2) is 57.5 Å². The zero-order valence-corrected chi connectivity index (χ0v) is 19.9. The van der Waals surface area contributed by atoms with Gasteiger partial charge >= 0.3 is 12.1 Å². The van der Waals surface area contributed by atoms with Crippen molar-refractivity contribution in [3.8, 4) is 11.1 Å². The topological polar surface area (TPSA) is 114 Å². The number of carbonyl (C=O) groups excluding carboxylic acids is 2. The molecular weight excluding hydrogens is 448 g/mol. The summed E-state index contributed by atoms with van der Waals surface area (Å²) >= 11 is 0. The zero-order valence-electron chi connectivity index (χ0n) is 19.9. The van der Waals surface area contributed by atoms with E-state index in [4.69, 9.17) is 9.84 Å². The molecule has 0 radical (unpaired) electrons. The molecule has 0 aliphatic heterocycles. The summed E-state index contributed by atoms with van der Waals surface area (Å²) in [6.07, 6.45) is -0.671. The molecule has 0 saturated heterocycles. The monoisotopic (exact) mass is 476 g/mol. The van der Waals surface area contributed by atoms with Crippen LogP contribution in [0.5, 0.6) is 0 Å². The van der Waals surface area contributed by atoms with Gasteiger partial charge in [0.15, 0.2) is 5.82 Å². The molecule has 1 unspecified atom stereocenters. The third-order valence-electron chi connectivity index (χ3n) is 6.26. The van der Waals surface area contributed by atoms with Crippen LogP contribution < -0.4 is 5.32 Å². The molecular formula is C26H28N4O5. The van der Waals surface area contributed by atoms with Crippen LogP contribution >= 0.6 is 0 Å². The van der Waals surface area contributed by atoms with Crippen molar-refractivity contribution in [1.29, 1.82) is 0 Å². The molecule has 0 bridgehead atoms. The minimum absolute atomic E-state index is 0.0663. The molecule has 9 heteroatoms. The number of aliphatic carboxylic acids is 1. The summed E-state index contributed by atoms with van der Waals surface area (Å²) in [6, 6.07) is 17.6. The minimum atomic E-state index is -0.973. The zero-order chi connectivity index (χ0) is 25.1. The number of benzene rings is 2. The van der Waals surface area contributed by atoms with Crippen LogP contribution in [0.15, 0.2) is 54.6 Å². The average molecular weight is 477 g/mol. The van der Waals surface area contributed by atoms with Crippen LogP contribution in [0.3, 0.4) is 0 Å². The van der Waals surface area contributed by atoms with E-state index in [0.717, 1.165) is 22.3 Å². The Labute approximate surface area is 203 Å². The van der Waals surface area contributed by atoms with E-state index < -0.39 is 18.0 Å². The summed E-state index contributed by atoms with van der Waals surface area (Å²) in [6.45, 7) is 3.90. The molecule has 182 valence electrons. The SMILES string of the molecule is CCN(CC(C)C(=O)O)C(=O)c1cc(NC(=O)OCC2c3ccccc3-c3ccccc32)nn1C. The highest BCUT2D eigenvalue weighted by Crippen LogP contribution is 2.44. The lowest BCUT2D eigenvalue weighted by molar-refractivity contribution is -0.141. The number of nitrogens with zero attached hydrogens (tertiary/aromatic N) is 3. The first-order valence-corrected chi connectivity index (χ1v) is 11.5. The van der Waals surface area contributed by atoms with Crippen molar-refractivity contribution in [2.75, 3.05) is 25.0 Å². The van der Waals surface area contributed by atoms with Gasteiger partial charge in [-0.25, -0.2) is 4.79 Å². The third-order valence-corrected chi connectivity index (χ3v) is 6.26. The number of rotatable bonds is 8. The van der Waals surface area contributed by atoms with Gasteiger partial charge in [0.2, 0.25) is 0 Å².